The van der Waals surface area contributed by atoms with Crippen molar-refractivity contribution in [2.75, 3.05) is 0 Å². The van der Waals surface area contributed by atoms with Crippen molar-refractivity contribution >= 4 is 21.8 Å². The number of hydrogen-bond donors (Lipinski definition) is 1. The van der Waals surface area contributed by atoms with Gasteiger partial charge >= 0.3 is 0 Å². The number of nitrogens with one attached hydrogen (secondary N) is 1. The summed E-state index contributed by atoms with van der Waals surface area (Å²) in [5.41, 5.74) is 5.49. The fourth-order valence-corrected chi connectivity index (χ4v) is 3.44. The molecule has 0 fully saturated rings. The normalized spacial score (nSPS) is 11.3. The molecule has 0 saturated carbocycles. The van der Waals surface area contributed by atoms with E-state index in [0.717, 1.165) is 0 Å². The molecule has 0 bridgehead atoms. The van der Waals surface area contributed by atoms with Crippen LogP contribution in [0.5, 0.6) is 0 Å². The third-order valence-corrected chi connectivity index (χ3v) is 4.79. The average Bonchev–Trinajstić information content (AvgIpc) is 3.21. The third kappa shape index (κ3) is 3.48. The highest BCUT2D eigenvalue weighted by Gasteiger charge is 2.06. The number of fused-ring (bicyclic) bond motifs is 2. The second kappa shape index (κ2) is 7.18. The Labute approximate surface area is 150 Å². The maximum Gasteiger partial charge on any atom is 0.0512 e. The van der Waals surface area contributed by atoms with Gasteiger partial charge in [-0.1, -0.05) is 64.1 Å². The molecule has 2 heteroatoms. The van der Waals surface area contributed by atoms with Gasteiger partial charge in [-0.05, 0) is 45.9 Å². The predicted octanol–water partition coefficient (Wildman–Crippen LogP) is 6.59. The summed E-state index contributed by atoms with van der Waals surface area (Å²) in [5.74, 6) is 1.18. The van der Waals surface area contributed by atoms with Crippen molar-refractivity contribution in [2.24, 2.45) is 7.05 Å². The molecule has 2 heterocycles. The topological polar surface area (TPSA) is 20.7 Å². The van der Waals surface area contributed by atoms with Crippen LogP contribution in [0.15, 0.2) is 60.9 Å². The molecule has 0 amide bonds. The van der Waals surface area contributed by atoms with Gasteiger partial charge in [0.05, 0.1) is 5.52 Å². The maximum absolute atomic E-state index is 3.27. The second-order valence-corrected chi connectivity index (χ2v) is 7.31. The molecule has 0 aliphatic heterocycles. The molecule has 0 aliphatic rings. The summed E-state index contributed by atoms with van der Waals surface area (Å²) in [6.45, 7) is 8.91. The molecule has 0 saturated heterocycles. The van der Waals surface area contributed by atoms with E-state index in [0.29, 0.717) is 11.8 Å². The minimum atomic E-state index is 0.590. The Morgan fingerprint density at radius 1 is 0.760 bits per heavy atom. The molecule has 0 radical (unpaired) electrons. The zero-order valence-corrected chi connectivity index (χ0v) is 15.9. The molecule has 1 N–H and O–H groups in total. The zero-order chi connectivity index (χ0) is 18.0. The number of rotatable bonds is 2. The van der Waals surface area contributed by atoms with Gasteiger partial charge in [0.1, 0.15) is 0 Å². The van der Waals surface area contributed by atoms with Crippen molar-refractivity contribution in [3.63, 3.8) is 0 Å². The van der Waals surface area contributed by atoms with Gasteiger partial charge < -0.3 is 9.55 Å². The quantitative estimate of drug-likeness (QED) is 0.427. The molecule has 2 aromatic carbocycles. The molecule has 4 aromatic rings. The maximum atomic E-state index is 3.27. The summed E-state index contributed by atoms with van der Waals surface area (Å²) in [7, 11) is 2.11. The molecule has 4 rings (SSSR count). The van der Waals surface area contributed by atoms with E-state index >= 15 is 0 Å². The number of benzene rings is 2. The van der Waals surface area contributed by atoms with Gasteiger partial charge in [0.25, 0.3) is 0 Å². The Bertz CT molecular complexity index is 970. The fraction of sp³-hybridized carbons (Fsp3) is 0.304. The van der Waals surface area contributed by atoms with Crippen LogP contribution in [0.25, 0.3) is 21.8 Å². The molecule has 0 unspecified atom stereocenters. The third-order valence-electron chi connectivity index (χ3n) is 4.79. The number of aryl methyl sites for hydroxylation is 1. The number of hydrogen-bond acceptors (Lipinski definition) is 0. The van der Waals surface area contributed by atoms with Gasteiger partial charge in [0.2, 0.25) is 0 Å². The van der Waals surface area contributed by atoms with Crippen LogP contribution < -0.4 is 0 Å². The van der Waals surface area contributed by atoms with E-state index in [1.54, 1.807) is 0 Å². The van der Waals surface area contributed by atoms with Crippen LogP contribution in [0.1, 0.15) is 50.7 Å². The minimum Gasteiger partial charge on any atom is -0.361 e. The Kier molecular flexibility index (Phi) is 4.98. The van der Waals surface area contributed by atoms with Gasteiger partial charge in [0, 0.05) is 25.0 Å². The van der Waals surface area contributed by atoms with E-state index in [1.807, 2.05) is 6.20 Å². The SMILES string of the molecule is CC(C)c1cccc2cc[nH]c12.CC(C)c1cccc2ccn(C)c12. The monoisotopic (exact) mass is 332 g/mol. The highest BCUT2D eigenvalue weighted by atomic mass is 14.9. The Hall–Kier alpha value is -2.48. The van der Waals surface area contributed by atoms with Gasteiger partial charge in [-0.2, -0.15) is 0 Å². The van der Waals surface area contributed by atoms with E-state index in [4.69, 9.17) is 0 Å². The Morgan fingerprint density at radius 2 is 1.40 bits per heavy atom. The van der Waals surface area contributed by atoms with Crippen molar-refractivity contribution < 1.29 is 0 Å². The molecule has 130 valence electrons. The van der Waals surface area contributed by atoms with E-state index in [-0.39, 0.29) is 0 Å². The number of aromatic nitrogens is 2. The molecular weight excluding hydrogens is 304 g/mol. The first-order valence-electron chi connectivity index (χ1n) is 9.09. The molecule has 2 aromatic heterocycles. The molecule has 0 spiro atoms. The smallest absolute Gasteiger partial charge is 0.0512 e. The van der Waals surface area contributed by atoms with Gasteiger partial charge in [-0.3, -0.25) is 0 Å². The summed E-state index contributed by atoms with van der Waals surface area (Å²) in [5, 5.41) is 2.65. The average molecular weight is 332 g/mol. The van der Waals surface area contributed by atoms with E-state index < -0.39 is 0 Å². The first-order chi connectivity index (χ1) is 12.0. The van der Waals surface area contributed by atoms with Gasteiger partial charge in [-0.25, -0.2) is 0 Å². The first kappa shape index (κ1) is 17.3. The second-order valence-electron chi connectivity index (χ2n) is 7.31. The lowest BCUT2D eigenvalue weighted by molar-refractivity contribution is 0.857. The van der Waals surface area contributed by atoms with Crippen molar-refractivity contribution in [1.29, 1.82) is 0 Å². The summed E-state index contributed by atoms with van der Waals surface area (Å²) >= 11 is 0. The Morgan fingerprint density at radius 3 is 2.08 bits per heavy atom. The van der Waals surface area contributed by atoms with Crippen LogP contribution in [-0.4, -0.2) is 9.55 Å². The highest BCUT2D eigenvalue weighted by molar-refractivity contribution is 5.84. The summed E-state index contributed by atoms with van der Waals surface area (Å²) in [6.07, 6.45) is 4.12. The summed E-state index contributed by atoms with van der Waals surface area (Å²) in [4.78, 5) is 3.27. The van der Waals surface area contributed by atoms with Crippen LogP contribution in [0, 0.1) is 0 Å². The molecular formula is C23H28N2. The standard InChI is InChI=1S/C12H15N.C11H13N/c1-9(2)11-6-4-5-10-7-8-13(3)12(10)11;1-8(2)10-5-3-4-9-6-7-12-11(9)10/h4-9H,1-3H3;3-8,12H,1-2H3. The number of nitrogens with zero attached hydrogens (tertiary/aromatic N) is 1. The van der Waals surface area contributed by atoms with Gasteiger partial charge in [0.15, 0.2) is 0 Å². The molecule has 0 aliphatic carbocycles. The van der Waals surface area contributed by atoms with Crippen LogP contribution in [-0.2, 0) is 7.05 Å². The lowest BCUT2D eigenvalue weighted by Crippen LogP contribution is -1.93. The van der Waals surface area contributed by atoms with Crippen LogP contribution in [0.4, 0.5) is 0 Å². The number of para-hydroxylation sites is 2. The molecule has 25 heavy (non-hydrogen) atoms. The molecule has 2 nitrogen and oxygen atoms in total. The predicted molar refractivity (Wildman–Crippen MR) is 109 cm³/mol. The Balaban J connectivity index is 0.000000146. The van der Waals surface area contributed by atoms with Crippen LogP contribution in [0.3, 0.4) is 0 Å². The van der Waals surface area contributed by atoms with E-state index in [9.17, 15) is 0 Å². The van der Waals surface area contributed by atoms with Crippen LogP contribution in [0.2, 0.25) is 0 Å². The zero-order valence-electron chi connectivity index (χ0n) is 15.9. The van der Waals surface area contributed by atoms with Crippen molar-refractivity contribution in [1.82, 2.24) is 9.55 Å². The minimum absolute atomic E-state index is 0.590. The first-order valence-corrected chi connectivity index (χ1v) is 9.09. The fourth-order valence-electron chi connectivity index (χ4n) is 3.44. The van der Waals surface area contributed by atoms with Crippen molar-refractivity contribution in [3.05, 3.63) is 72.1 Å². The largest absolute Gasteiger partial charge is 0.361 e. The number of aromatic amines is 1. The van der Waals surface area contributed by atoms with E-state index in [2.05, 4.69) is 99.0 Å². The highest BCUT2D eigenvalue weighted by Crippen LogP contribution is 2.25. The lowest BCUT2D eigenvalue weighted by atomic mass is 10.0. The molecule has 0 atom stereocenters. The summed E-state index contributed by atoms with van der Waals surface area (Å²) < 4.78 is 2.20. The van der Waals surface area contributed by atoms with E-state index in [1.165, 1.54) is 32.9 Å². The van der Waals surface area contributed by atoms with Crippen molar-refractivity contribution in [2.45, 2.75) is 39.5 Å². The number of H-pyrrole nitrogens is 1. The lowest BCUT2D eigenvalue weighted by Gasteiger charge is -2.08. The van der Waals surface area contributed by atoms with Crippen LogP contribution >= 0.6 is 0 Å². The van der Waals surface area contributed by atoms with Gasteiger partial charge in [-0.15, -0.1) is 0 Å². The summed E-state index contributed by atoms with van der Waals surface area (Å²) in [6, 6.07) is 17.2. The van der Waals surface area contributed by atoms with Crippen molar-refractivity contribution in [3.8, 4) is 0 Å².